The van der Waals surface area contributed by atoms with Gasteiger partial charge in [0, 0.05) is 23.4 Å². The highest BCUT2D eigenvalue weighted by molar-refractivity contribution is 8.00. The molecule has 1 N–H and O–H groups in total. The van der Waals surface area contributed by atoms with E-state index >= 15 is 0 Å². The molecule has 2 amide bonds. The Morgan fingerprint density at radius 2 is 1.79 bits per heavy atom. The zero-order chi connectivity index (χ0) is 30.8. The van der Waals surface area contributed by atoms with Gasteiger partial charge in [0.25, 0.3) is 24.0 Å². The molecule has 3 rings (SSSR count). The first-order chi connectivity index (χ1) is 20.1. The fourth-order valence-electron chi connectivity index (χ4n) is 4.05. The van der Waals surface area contributed by atoms with Gasteiger partial charge in [0.1, 0.15) is 23.7 Å². The molecule has 0 bridgehead atoms. The van der Waals surface area contributed by atoms with Gasteiger partial charge < -0.3 is 19.5 Å². The molecule has 0 saturated carbocycles. The molecule has 3 atom stereocenters. The number of carbonyl (C=O) groups excluding carboxylic acids is 5. The first kappa shape index (κ1) is 31.8. The SMILES string of the molecule is COC(=O)CCSC1C(NC(=O)C(OC=O)c2ccccc2)C(=O)N1C(C(=O)OCc1ccc([N+](=O)[O-])cc1)=C(C)C. The number of likely N-dealkylation sites (tertiary alicyclic amines) is 1. The lowest BCUT2D eigenvalue weighted by Gasteiger charge is -2.47. The Hall–Kier alpha value is -4.72. The minimum atomic E-state index is -1.32. The molecule has 1 aliphatic heterocycles. The van der Waals surface area contributed by atoms with Crippen molar-refractivity contribution in [2.24, 2.45) is 0 Å². The summed E-state index contributed by atoms with van der Waals surface area (Å²) >= 11 is 1.15. The number of ether oxygens (including phenoxy) is 3. The molecule has 1 aliphatic rings. The van der Waals surface area contributed by atoms with Gasteiger partial charge in [-0.05, 0) is 37.1 Å². The summed E-state index contributed by atoms with van der Waals surface area (Å²) in [5.74, 6) is -2.45. The monoisotopic (exact) mass is 599 g/mol. The summed E-state index contributed by atoms with van der Waals surface area (Å²) in [4.78, 5) is 74.0. The third kappa shape index (κ3) is 7.72. The van der Waals surface area contributed by atoms with E-state index in [9.17, 15) is 34.1 Å². The average Bonchev–Trinajstić information content (AvgIpc) is 2.99. The topological polar surface area (TPSA) is 171 Å². The van der Waals surface area contributed by atoms with Crippen LogP contribution in [-0.4, -0.2) is 64.3 Å². The molecule has 0 aromatic heterocycles. The molecule has 2 aromatic carbocycles. The predicted octanol–water partition coefficient (Wildman–Crippen LogP) is 2.80. The lowest BCUT2D eigenvalue weighted by atomic mass is 10.0. The van der Waals surface area contributed by atoms with E-state index in [4.69, 9.17) is 9.47 Å². The van der Waals surface area contributed by atoms with Crippen LogP contribution in [0.4, 0.5) is 5.69 Å². The second kappa shape index (κ2) is 14.8. The zero-order valence-corrected chi connectivity index (χ0v) is 23.8. The molecule has 14 heteroatoms. The van der Waals surface area contributed by atoms with Crippen LogP contribution in [0.2, 0.25) is 0 Å². The van der Waals surface area contributed by atoms with Gasteiger partial charge in [-0.25, -0.2) is 4.79 Å². The van der Waals surface area contributed by atoms with Crippen molar-refractivity contribution < 1.29 is 43.1 Å². The molecule has 42 heavy (non-hydrogen) atoms. The zero-order valence-electron chi connectivity index (χ0n) is 23.0. The number of non-ortho nitro benzene ring substituents is 1. The van der Waals surface area contributed by atoms with E-state index in [1.54, 1.807) is 44.2 Å². The largest absolute Gasteiger partial charge is 0.469 e. The number of rotatable bonds is 14. The molecule has 3 unspecified atom stereocenters. The molecule has 0 radical (unpaired) electrons. The lowest BCUT2D eigenvalue weighted by Crippen LogP contribution is -2.70. The summed E-state index contributed by atoms with van der Waals surface area (Å²) in [5, 5.41) is 12.7. The van der Waals surface area contributed by atoms with Gasteiger partial charge >= 0.3 is 11.9 Å². The van der Waals surface area contributed by atoms with Crippen molar-refractivity contribution >= 4 is 47.7 Å². The third-order valence-corrected chi connectivity index (χ3v) is 7.38. The van der Waals surface area contributed by atoms with Crippen LogP contribution in [-0.2, 0) is 44.8 Å². The van der Waals surface area contributed by atoms with Crippen LogP contribution in [0.15, 0.2) is 65.9 Å². The highest BCUT2D eigenvalue weighted by Crippen LogP contribution is 2.36. The summed E-state index contributed by atoms with van der Waals surface area (Å²) in [6.45, 7) is 3.15. The van der Waals surface area contributed by atoms with E-state index in [1.807, 2.05) is 0 Å². The molecule has 0 spiro atoms. The van der Waals surface area contributed by atoms with Gasteiger partial charge in [-0.2, -0.15) is 0 Å². The second-order valence-electron chi connectivity index (χ2n) is 9.15. The van der Waals surface area contributed by atoms with Crippen LogP contribution in [0.5, 0.6) is 0 Å². The number of amides is 2. The number of hydrogen-bond donors (Lipinski definition) is 1. The number of carbonyl (C=O) groups is 5. The summed E-state index contributed by atoms with van der Waals surface area (Å²) in [6, 6.07) is 12.6. The fraction of sp³-hybridized carbons (Fsp3) is 0.321. The quantitative estimate of drug-likeness (QED) is 0.0644. The molecule has 1 saturated heterocycles. The van der Waals surface area contributed by atoms with Crippen molar-refractivity contribution in [1.29, 1.82) is 0 Å². The number of nitrogens with one attached hydrogen (secondary N) is 1. The Morgan fingerprint density at radius 3 is 2.36 bits per heavy atom. The van der Waals surface area contributed by atoms with E-state index in [-0.39, 0.29) is 36.6 Å². The van der Waals surface area contributed by atoms with E-state index in [1.165, 1.54) is 36.3 Å². The Labute approximate surface area is 245 Å². The first-order valence-corrected chi connectivity index (χ1v) is 13.7. The Balaban J connectivity index is 1.80. The Morgan fingerprint density at radius 1 is 1.12 bits per heavy atom. The minimum Gasteiger partial charge on any atom is -0.469 e. The number of nitrogens with zero attached hydrogens (tertiary/aromatic N) is 2. The Bertz CT molecular complexity index is 1360. The van der Waals surface area contributed by atoms with E-state index < -0.39 is 46.2 Å². The maximum Gasteiger partial charge on any atom is 0.355 e. The van der Waals surface area contributed by atoms with Crippen LogP contribution >= 0.6 is 11.8 Å². The molecule has 13 nitrogen and oxygen atoms in total. The van der Waals surface area contributed by atoms with Gasteiger partial charge in [0.2, 0.25) is 6.10 Å². The van der Waals surface area contributed by atoms with Crippen LogP contribution in [0, 0.1) is 10.1 Å². The number of methoxy groups -OCH3 is 1. The van der Waals surface area contributed by atoms with Crippen LogP contribution in [0.3, 0.4) is 0 Å². The number of thioether (sulfide) groups is 1. The number of benzene rings is 2. The number of nitro benzene ring substituents is 1. The van der Waals surface area contributed by atoms with Gasteiger partial charge in [-0.3, -0.25) is 34.2 Å². The van der Waals surface area contributed by atoms with Crippen molar-refractivity contribution in [2.45, 2.75) is 44.4 Å². The second-order valence-corrected chi connectivity index (χ2v) is 10.4. The molecule has 1 fully saturated rings. The lowest BCUT2D eigenvalue weighted by molar-refractivity contribution is -0.384. The number of allylic oxidation sites excluding steroid dienone is 1. The number of hydrogen-bond acceptors (Lipinski definition) is 11. The standard InChI is InChI=1S/C28H29N3O10S/c1-17(2)23(28(36)40-15-18-9-11-20(12-10-18)31(37)38)30-26(35)22(27(30)42-14-13-21(33)39-3)29-25(34)24(41-16-32)19-7-5-4-6-8-19/h4-12,16,22,24,27H,13-15H2,1-3H3,(H,29,34). The highest BCUT2D eigenvalue weighted by atomic mass is 32.2. The summed E-state index contributed by atoms with van der Waals surface area (Å²) in [6.07, 6.45) is -1.31. The van der Waals surface area contributed by atoms with Gasteiger partial charge in [-0.15, -0.1) is 11.8 Å². The fourth-order valence-corrected chi connectivity index (χ4v) is 5.31. The maximum absolute atomic E-state index is 13.4. The van der Waals surface area contributed by atoms with Crippen molar-refractivity contribution in [2.75, 3.05) is 12.9 Å². The van der Waals surface area contributed by atoms with Crippen LogP contribution in [0.1, 0.15) is 37.5 Å². The third-order valence-electron chi connectivity index (χ3n) is 6.12. The van der Waals surface area contributed by atoms with Gasteiger partial charge in [0.15, 0.2) is 0 Å². The van der Waals surface area contributed by atoms with Crippen molar-refractivity contribution in [1.82, 2.24) is 10.2 Å². The van der Waals surface area contributed by atoms with Crippen LogP contribution in [0.25, 0.3) is 0 Å². The average molecular weight is 600 g/mol. The molecular weight excluding hydrogens is 570 g/mol. The van der Waals surface area contributed by atoms with E-state index in [0.29, 0.717) is 16.7 Å². The van der Waals surface area contributed by atoms with Gasteiger partial charge in [-0.1, -0.05) is 30.3 Å². The van der Waals surface area contributed by atoms with E-state index in [2.05, 4.69) is 10.1 Å². The van der Waals surface area contributed by atoms with Crippen molar-refractivity contribution in [3.05, 3.63) is 87.1 Å². The summed E-state index contributed by atoms with van der Waals surface area (Å²) < 4.78 is 15.1. The molecule has 1 heterocycles. The molecular formula is C28H29N3O10S. The number of nitro groups is 1. The number of esters is 2. The number of β-lactam (4-membered cyclic amide) rings is 1. The van der Waals surface area contributed by atoms with Crippen molar-refractivity contribution in [3.63, 3.8) is 0 Å². The summed E-state index contributed by atoms with van der Waals surface area (Å²) in [7, 11) is 1.24. The summed E-state index contributed by atoms with van der Waals surface area (Å²) in [5.41, 5.74) is 1.17. The van der Waals surface area contributed by atoms with Crippen LogP contribution < -0.4 is 5.32 Å². The van der Waals surface area contributed by atoms with Crippen molar-refractivity contribution in [3.8, 4) is 0 Å². The first-order valence-electron chi connectivity index (χ1n) is 12.6. The normalized spacial score (nSPS) is 16.4. The van der Waals surface area contributed by atoms with E-state index in [0.717, 1.165) is 11.8 Å². The minimum absolute atomic E-state index is 0.00992. The maximum atomic E-state index is 13.4. The van der Waals surface area contributed by atoms with Gasteiger partial charge in [0.05, 0.1) is 18.5 Å². The smallest absolute Gasteiger partial charge is 0.355 e. The Kier molecular flexibility index (Phi) is 11.2. The molecule has 2 aromatic rings. The molecule has 222 valence electrons. The predicted molar refractivity (Wildman–Crippen MR) is 149 cm³/mol. The highest BCUT2D eigenvalue weighted by Gasteiger charge is 2.52. The molecule has 0 aliphatic carbocycles.